The van der Waals surface area contributed by atoms with Gasteiger partial charge in [0.25, 0.3) is 21.8 Å². The van der Waals surface area contributed by atoms with Crippen molar-refractivity contribution in [3.8, 4) is 5.75 Å². The Labute approximate surface area is 244 Å². The largest absolute Gasteiger partial charge is 0.497 e. The summed E-state index contributed by atoms with van der Waals surface area (Å²) in [5, 5.41) is 3.01. The van der Waals surface area contributed by atoms with Gasteiger partial charge in [0.05, 0.1) is 17.6 Å². The van der Waals surface area contributed by atoms with E-state index in [1.165, 1.54) is 32.4 Å². The molecule has 2 amide bonds. The highest BCUT2D eigenvalue weighted by Gasteiger charge is 2.39. The molecule has 0 aromatic heterocycles. The SMILES string of the molecule is COCCCN1C(=O)C(Nc2ccc(OC)cc2)=C(Sc2cccc(NS(=O)(=O)c3cccc(C(F)(F)F)c3)c2)C1=O. The van der Waals surface area contributed by atoms with Crippen LogP contribution in [0.1, 0.15) is 12.0 Å². The Morgan fingerprint density at radius 1 is 0.905 bits per heavy atom. The van der Waals surface area contributed by atoms with E-state index in [2.05, 4.69) is 10.0 Å². The number of nitrogens with zero attached hydrogens (tertiary/aromatic N) is 1. The summed E-state index contributed by atoms with van der Waals surface area (Å²) < 4.78 is 77.6. The predicted molar refractivity (Wildman–Crippen MR) is 151 cm³/mol. The molecule has 0 saturated carbocycles. The fourth-order valence-corrected chi connectivity index (χ4v) is 6.04. The molecule has 0 bridgehead atoms. The number of nitrogens with one attached hydrogen (secondary N) is 2. The monoisotopic (exact) mass is 621 g/mol. The van der Waals surface area contributed by atoms with Crippen LogP contribution in [0.5, 0.6) is 5.75 Å². The number of carbonyl (C=O) groups excluding carboxylic acids is 2. The first kappa shape index (κ1) is 30.9. The summed E-state index contributed by atoms with van der Waals surface area (Å²) in [7, 11) is -1.34. The predicted octanol–water partition coefficient (Wildman–Crippen LogP) is 5.34. The topological polar surface area (TPSA) is 114 Å². The highest BCUT2D eigenvalue weighted by Crippen LogP contribution is 2.37. The number of sulfonamides is 1. The Kier molecular flexibility index (Phi) is 9.49. The lowest BCUT2D eigenvalue weighted by Gasteiger charge is -2.15. The molecule has 3 aromatic carbocycles. The van der Waals surface area contributed by atoms with Crippen molar-refractivity contribution in [2.45, 2.75) is 22.4 Å². The van der Waals surface area contributed by atoms with Crippen molar-refractivity contribution in [3.05, 3.63) is 89.0 Å². The minimum absolute atomic E-state index is 0.0440. The second-order valence-electron chi connectivity index (χ2n) is 8.93. The second kappa shape index (κ2) is 12.9. The summed E-state index contributed by atoms with van der Waals surface area (Å²) in [5.41, 5.74) is -0.469. The summed E-state index contributed by atoms with van der Waals surface area (Å²) >= 11 is 0.948. The molecule has 1 aliphatic rings. The van der Waals surface area contributed by atoms with Crippen LogP contribution in [0.25, 0.3) is 0 Å². The van der Waals surface area contributed by atoms with Crippen LogP contribution in [0.3, 0.4) is 0 Å². The summed E-state index contributed by atoms with van der Waals surface area (Å²) in [5.74, 6) is -0.466. The summed E-state index contributed by atoms with van der Waals surface area (Å²) in [4.78, 5) is 27.7. The molecule has 0 fully saturated rings. The molecule has 2 N–H and O–H groups in total. The lowest BCUT2D eigenvalue weighted by molar-refractivity contribution is -0.138. The number of anilines is 2. The van der Waals surface area contributed by atoms with Gasteiger partial charge in [-0.3, -0.25) is 19.2 Å². The molecular formula is C28H26F3N3O6S2. The second-order valence-corrected chi connectivity index (χ2v) is 11.7. The standard InChI is InChI=1S/C28H26F3N3O6S2/c1-39-15-5-14-34-26(35)24(32-19-10-12-21(40-2)13-11-19)25(27(34)36)41-22-8-4-7-20(17-22)33-42(37,38)23-9-3-6-18(16-23)28(29,30)31/h3-4,6-13,16-17,32-33H,5,14-15H2,1-2H3. The van der Waals surface area contributed by atoms with Gasteiger partial charge in [-0.15, -0.1) is 0 Å². The van der Waals surface area contributed by atoms with Crippen molar-refractivity contribution in [1.82, 2.24) is 4.90 Å². The van der Waals surface area contributed by atoms with Crippen molar-refractivity contribution in [2.75, 3.05) is 37.4 Å². The third kappa shape index (κ3) is 7.24. The number of ether oxygens (including phenoxy) is 2. The molecule has 4 rings (SSSR count). The maximum atomic E-state index is 13.3. The van der Waals surface area contributed by atoms with Gasteiger partial charge in [0.2, 0.25) is 0 Å². The number of halogens is 3. The number of rotatable bonds is 12. The number of thioether (sulfide) groups is 1. The summed E-state index contributed by atoms with van der Waals surface area (Å²) in [6, 6.07) is 16.1. The first-order chi connectivity index (χ1) is 19.9. The number of imide groups is 1. The number of hydrogen-bond donors (Lipinski definition) is 2. The summed E-state index contributed by atoms with van der Waals surface area (Å²) in [6.45, 7) is 0.467. The van der Waals surface area contributed by atoms with E-state index >= 15 is 0 Å². The van der Waals surface area contributed by atoms with Gasteiger partial charge in [-0.05, 0) is 67.1 Å². The first-order valence-corrected chi connectivity index (χ1v) is 14.7. The normalized spacial score (nSPS) is 14.0. The zero-order chi connectivity index (χ0) is 30.5. The molecule has 0 aliphatic carbocycles. The third-order valence-electron chi connectivity index (χ3n) is 5.99. The lowest BCUT2D eigenvalue weighted by atomic mass is 10.2. The molecule has 0 radical (unpaired) electrons. The Morgan fingerprint density at radius 2 is 1.62 bits per heavy atom. The summed E-state index contributed by atoms with van der Waals surface area (Å²) in [6.07, 6.45) is -4.29. The molecule has 0 saturated heterocycles. The van der Waals surface area contributed by atoms with Gasteiger partial charge >= 0.3 is 6.18 Å². The number of amides is 2. The molecule has 1 heterocycles. The average molecular weight is 622 g/mol. The Hall–Kier alpha value is -4.01. The molecular weight excluding hydrogens is 595 g/mol. The smallest absolute Gasteiger partial charge is 0.416 e. The van der Waals surface area contributed by atoms with Crippen LogP contribution < -0.4 is 14.8 Å². The van der Waals surface area contributed by atoms with Crippen molar-refractivity contribution in [1.29, 1.82) is 0 Å². The number of benzene rings is 3. The fourth-order valence-electron chi connectivity index (χ4n) is 3.94. The van der Waals surface area contributed by atoms with E-state index in [-0.39, 0.29) is 22.8 Å². The maximum absolute atomic E-state index is 13.3. The number of hydrogen-bond acceptors (Lipinski definition) is 8. The van der Waals surface area contributed by atoms with Gasteiger partial charge < -0.3 is 14.8 Å². The van der Waals surface area contributed by atoms with Gasteiger partial charge in [0.1, 0.15) is 16.4 Å². The van der Waals surface area contributed by atoms with E-state index in [4.69, 9.17) is 9.47 Å². The van der Waals surface area contributed by atoms with Crippen LogP contribution in [-0.4, -0.2) is 52.5 Å². The van der Waals surface area contributed by atoms with E-state index < -0.39 is 38.5 Å². The van der Waals surface area contributed by atoms with Crippen LogP contribution in [0.2, 0.25) is 0 Å². The van der Waals surface area contributed by atoms with Crippen molar-refractivity contribution in [3.63, 3.8) is 0 Å². The molecule has 0 unspecified atom stereocenters. The van der Waals surface area contributed by atoms with E-state index in [0.717, 1.165) is 34.9 Å². The highest BCUT2D eigenvalue weighted by atomic mass is 32.2. The van der Waals surface area contributed by atoms with Gasteiger partial charge in [-0.1, -0.05) is 23.9 Å². The third-order valence-corrected chi connectivity index (χ3v) is 8.44. The van der Waals surface area contributed by atoms with Crippen LogP contribution in [-0.2, 0) is 30.5 Å². The molecule has 0 spiro atoms. The van der Waals surface area contributed by atoms with E-state index in [1.807, 2.05) is 0 Å². The minimum Gasteiger partial charge on any atom is -0.497 e. The van der Waals surface area contributed by atoms with Crippen molar-refractivity contribution in [2.24, 2.45) is 0 Å². The molecule has 42 heavy (non-hydrogen) atoms. The van der Waals surface area contributed by atoms with Crippen LogP contribution in [0.4, 0.5) is 24.5 Å². The molecule has 0 atom stereocenters. The van der Waals surface area contributed by atoms with Gasteiger partial charge in [-0.25, -0.2) is 8.42 Å². The molecule has 1 aliphatic heterocycles. The minimum atomic E-state index is -4.71. The van der Waals surface area contributed by atoms with Crippen LogP contribution in [0.15, 0.2) is 93.2 Å². The molecule has 14 heteroatoms. The molecule has 222 valence electrons. The van der Waals surface area contributed by atoms with Gasteiger partial charge in [0.15, 0.2) is 0 Å². The fraction of sp³-hybridized carbons (Fsp3) is 0.214. The van der Waals surface area contributed by atoms with Crippen molar-refractivity contribution < 1.29 is 40.7 Å². The van der Waals surface area contributed by atoms with Crippen molar-refractivity contribution >= 4 is 45.0 Å². The zero-order valence-electron chi connectivity index (χ0n) is 22.4. The van der Waals surface area contributed by atoms with E-state index in [9.17, 15) is 31.2 Å². The first-order valence-electron chi connectivity index (χ1n) is 12.4. The van der Waals surface area contributed by atoms with Crippen LogP contribution >= 0.6 is 11.8 Å². The Balaban J connectivity index is 1.61. The van der Waals surface area contributed by atoms with Gasteiger partial charge in [0, 0.05) is 36.5 Å². The Bertz CT molecular complexity index is 1610. The average Bonchev–Trinajstić information content (AvgIpc) is 3.17. The van der Waals surface area contributed by atoms with Crippen LogP contribution in [0, 0.1) is 0 Å². The number of methoxy groups -OCH3 is 2. The van der Waals surface area contributed by atoms with E-state index in [1.54, 1.807) is 30.3 Å². The number of carbonyl (C=O) groups is 2. The Morgan fingerprint density at radius 3 is 2.29 bits per heavy atom. The maximum Gasteiger partial charge on any atom is 0.416 e. The van der Waals surface area contributed by atoms with Gasteiger partial charge in [-0.2, -0.15) is 13.2 Å². The molecule has 3 aromatic rings. The lowest BCUT2D eigenvalue weighted by Crippen LogP contribution is -2.33. The number of alkyl halides is 3. The highest BCUT2D eigenvalue weighted by molar-refractivity contribution is 8.04. The zero-order valence-corrected chi connectivity index (χ0v) is 24.0. The molecule has 9 nitrogen and oxygen atoms in total. The van der Waals surface area contributed by atoms with E-state index in [0.29, 0.717) is 35.4 Å². The quantitative estimate of drug-likeness (QED) is 0.206.